The van der Waals surface area contributed by atoms with Crippen molar-refractivity contribution in [3.63, 3.8) is 0 Å². The number of thiophene rings is 1. The fourth-order valence-electron chi connectivity index (χ4n) is 2.35. The van der Waals surface area contributed by atoms with Crippen LogP contribution < -0.4 is 5.73 Å². The van der Waals surface area contributed by atoms with Crippen molar-refractivity contribution < 1.29 is 9.90 Å². The summed E-state index contributed by atoms with van der Waals surface area (Å²) in [7, 11) is 0. The average Bonchev–Trinajstić information content (AvgIpc) is 3.07. The number of nitrogens with zero attached hydrogens (tertiary/aromatic N) is 1. The molecule has 2 rings (SSSR count). The molecule has 0 saturated carbocycles. The number of hydrogen-bond donors (Lipinski definition) is 2. The van der Waals surface area contributed by atoms with Crippen LogP contribution >= 0.6 is 11.3 Å². The highest BCUT2D eigenvalue weighted by Gasteiger charge is 2.19. The quantitative estimate of drug-likeness (QED) is 0.781. The van der Waals surface area contributed by atoms with Gasteiger partial charge in [0, 0.05) is 19.0 Å². The molecule has 0 bridgehead atoms. The molecule has 3 N–H and O–H groups in total. The van der Waals surface area contributed by atoms with Crippen LogP contribution in [0.5, 0.6) is 0 Å². The van der Waals surface area contributed by atoms with E-state index in [-0.39, 0.29) is 11.9 Å². The van der Waals surface area contributed by atoms with E-state index in [0.717, 1.165) is 11.1 Å². The lowest BCUT2D eigenvalue weighted by Gasteiger charge is -2.26. The Kier molecular flexibility index (Phi) is 6.77. The molecule has 5 heteroatoms. The van der Waals surface area contributed by atoms with Crippen LogP contribution in [-0.2, 0) is 11.3 Å². The smallest absolute Gasteiger partial charge is 0.223 e. The SMILES string of the molecule is CC(N)CCC(=O)N(Cc1ccccc1)CC(O)c1ccsc1. The summed E-state index contributed by atoms with van der Waals surface area (Å²) in [6.07, 6.45) is 0.392. The van der Waals surface area contributed by atoms with Crippen molar-refractivity contribution in [1.29, 1.82) is 0 Å². The van der Waals surface area contributed by atoms with Crippen molar-refractivity contribution in [1.82, 2.24) is 4.90 Å². The van der Waals surface area contributed by atoms with Crippen LogP contribution in [0.25, 0.3) is 0 Å². The third kappa shape index (κ3) is 5.78. The van der Waals surface area contributed by atoms with Crippen molar-refractivity contribution in [2.45, 2.75) is 38.5 Å². The fraction of sp³-hybridized carbons (Fsp3) is 0.389. The van der Waals surface area contributed by atoms with Gasteiger partial charge in [-0.1, -0.05) is 30.3 Å². The number of nitrogens with two attached hydrogens (primary N) is 1. The third-order valence-corrected chi connectivity index (χ3v) is 4.41. The summed E-state index contributed by atoms with van der Waals surface area (Å²) in [4.78, 5) is 14.2. The van der Waals surface area contributed by atoms with E-state index in [2.05, 4.69) is 0 Å². The fourth-order valence-corrected chi connectivity index (χ4v) is 3.05. The second-order valence-corrected chi connectivity index (χ2v) is 6.63. The Bertz CT molecular complexity index is 584. The maximum absolute atomic E-state index is 12.5. The predicted molar refractivity (Wildman–Crippen MR) is 94.0 cm³/mol. The Morgan fingerprint density at radius 2 is 2.04 bits per heavy atom. The van der Waals surface area contributed by atoms with Gasteiger partial charge in [0.2, 0.25) is 5.91 Å². The van der Waals surface area contributed by atoms with Crippen LogP contribution in [0, 0.1) is 0 Å². The van der Waals surface area contributed by atoms with Gasteiger partial charge in [-0.25, -0.2) is 0 Å². The lowest BCUT2D eigenvalue weighted by atomic mass is 10.1. The molecule has 2 atom stereocenters. The summed E-state index contributed by atoms with van der Waals surface area (Å²) in [6.45, 7) is 2.69. The first-order valence-electron chi connectivity index (χ1n) is 7.83. The highest BCUT2D eigenvalue weighted by Crippen LogP contribution is 2.19. The molecule has 0 spiro atoms. The number of rotatable bonds is 8. The molecule has 2 unspecified atom stereocenters. The summed E-state index contributed by atoms with van der Waals surface area (Å²) >= 11 is 1.54. The molecule has 0 saturated heterocycles. The van der Waals surface area contributed by atoms with E-state index in [1.54, 1.807) is 16.2 Å². The minimum atomic E-state index is -0.663. The van der Waals surface area contributed by atoms with Gasteiger partial charge in [0.15, 0.2) is 0 Å². The van der Waals surface area contributed by atoms with Gasteiger partial charge < -0.3 is 15.7 Å². The minimum absolute atomic E-state index is 0.000627. The first-order valence-corrected chi connectivity index (χ1v) is 8.78. The Morgan fingerprint density at radius 3 is 2.65 bits per heavy atom. The number of aliphatic hydroxyl groups excluding tert-OH is 1. The van der Waals surface area contributed by atoms with Crippen LogP contribution in [0.4, 0.5) is 0 Å². The second kappa shape index (κ2) is 8.82. The maximum atomic E-state index is 12.5. The molecule has 1 aromatic heterocycles. The van der Waals surface area contributed by atoms with Gasteiger partial charge >= 0.3 is 0 Å². The Hall–Kier alpha value is -1.69. The van der Waals surface area contributed by atoms with E-state index in [0.29, 0.717) is 25.9 Å². The average molecular weight is 332 g/mol. The maximum Gasteiger partial charge on any atom is 0.223 e. The molecule has 1 amide bonds. The van der Waals surface area contributed by atoms with Crippen LogP contribution in [0.1, 0.15) is 37.0 Å². The van der Waals surface area contributed by atoms with Crippen molar-refractivity contribution in [3.8, 4) is 0 Å². The highest BCUT2D eigenvalue weighted by atomic mass is 32.1. The number of benzene rings is 1. The lowest BCUT2D eigenvalue weighted by molar-refractivity contribution is -0.133. The van der Waals surface area contributed by atoms with E-state index in [4.69, 9.17) is 5.73 Å². The molecule has 1 aromatic carbocycles. The molecule has 0 radical (unpaired) electrons. The predicted octanol–water partition coefficient (Wildman–Crippen LogP) is 2.94. The van der Waals surface area contributed by atoms with Gasteiger partial charge in [0.25, 0.3) is 0 Å². The minimum Gasteiger partial charge on any atom is -0.387 e. The summed E-state index contributed by atoms with van der Waals surface area (Å²) in [5.41, 5.74) is 7.66. The molecular formula is C18H24N2O2S. The zero-order valence-corrected chi connectivity index (χ0v) is 14.2. The largest absolute Gasteiger partial charge is 0.387 e. The molecule has 23 heavy (non-hydrogen) atoms. The number of amides is 1. The lowest BCUT2D eigenvalue weighted by Crippen LogP contribution is -2.35. The van der Waals surface area contributed by atoms with Crippen molar-refractivity contribution in [2.75, 3.05) is 6.54 Å². The molecule has 124 valence electrons. The van der Waals surface area contributed by atoms with E-state index in [9.17, 15) is 9.90 Å². The van der Waals surface area contributed by atoms with Crippen LogP contribution in [0.2, 0.25) is 0 Å². The zero-order valence-electron chi connectivity index (χ0n) is 13.4. The normalized spacial score (nSPS) is 13.5. The van der Waals surface area contributed by atoms with Gasteiger partial charge in [0.05, 0.1) is 12.6 Å². The topological polar surface area (TPSA) is 66.6 Å². The summed E-state index contributed by atoms with van der Waals surface area (Å²) in [6, 6.07) is 11.7. The molecule has 2 aromatic rings. The molecular weight excluding hydrogens is 308 g/mol. The molecule has 1 heterocycles. The first kappa shape index (κ1) is 17.7. The Balaban J connectivity index is 2.05. The monoisotopic (exact) mass is 332 g/mol. The summed E-state index contributed by atoms with van der Waals surface area (Å²) in [5, 5.41) is 14.2. The van der Waals surface area contributed by atoms with Gasteiger partial charge in [-0.3, -0.25) is 4.79 Å². The van der Waals surface area contributed by atoms with Gasteiger partial charge in [-0.15, -0.1) is 0 Å². The van der Waals surface area contributed by atoms with Crippen LogP contribution in [0.15, 0.2) is 47.2 Å². The van der Waals surface area contributed by atoms with E-state index in [1.807, 2.05) is 54.1 Å². The molecule has 0 aliphatic carbocycles. The van der Waals surface area contributed by atoms with E-state index >= 15 is 0 Å². The number of aliphatic hydroxyl groups is 1. The summed E-state index contributed by atoms with van der Waals surface area (Å²) in [5.74, 6) is 0.0282. The van der Waals surface area contributed by atoms with Crippen LogP contribution in [-0.4, -0.2) is 28.5 Å². The molecule has 0 fully saturated rings. The molecule has 0 aliphatic rings. The van der Waals surface area contributed by atoms with Gasteiger partial charge in [-0.05, 0) is 41.3 Å². The van der Waals surface area contributed by atoms with Gasteiger partial charge in [-0.2, -0.15) is 11.3 Å². The number of hydrogen-bond acceptors (Lipinski definition) is 4. The van der Waals surface area contributed by atoms with E-state index in [1.165, 1.54) is 0 Å². The standard InChI is InChI=1S/C18H24N2O2S/c1-14(19)7-8-18(22)20(11-15-5-3-2-4-6-15)12-17(21)16-9-10-23-13-16/h2-6,9-10,13-14,17,21H,7-8,11-12,19H2,1H3. The number of carbonyl (C=O) groups excluding carboxylic acids is 1. The summed E-state index contributed by atoms with van der Waals surface area (Å²) < 4.78 is 0. The Morgan fingerprint density at radius 1 is 1.30 bits per heavy atom. The van der Waals surface area contributed by atoms with Crippen molar-refractivity contribution >= 4 is 17.2 Å². The van der Waals surface area contributed by atoms with Gasteiger partial charge in [0.1, 0.15) is 0 Å². The number of carbonyl (C=O) groups is 1. The highest BCUT2D eigenvalue weighted by molar-refractivity contribution is 7.07. The first-order chi connectivity index (χ1) is 11.1. The van der Waals surface area contributed by atoms with E-state index < -0.39 is 6.10 Å². The van der Waals surface area contributed by atoms with Crippen LogP contribution in [0.3, 0.4) is 0 Å². The molecule has 4 nitrogen and oxygen atoms in total. The molecule has 0 aliphatic heterocycles. The van der Waals surface area contributed by atoms with Crippen molar-refractivity contribution in [3.05, 3.63) is 58.3 Å². The third-order valence-electron chi connectivity index (χ3n) is 3.70. The Labute approximate surface area is 141 Å². The second-order valence-electron chi connectivity index (χ2n) is 5.85. The van der Waals surface area contributed by atoms with Crippen molar-refractivity contribution in [2.24, 2.45) is 5.73 Å². The zero-order chi connectivity index (χ0) is 16.7.